The number of rotatable bonds is 5. The van der Waals surface area contributed by atoms with E-state index in [-0.39, 0.29) is 12.6 Å². The van der Waals surface area contributed by atoms with Crippen molar-refractivity contribution in [1.29, 1.82) is 0 Å². The zero-order valence-corrected chi connectivity index (χ0v) is 10.4. The predicted molar refractivity (Wildman–Crippen MR) is 69.1 cm³/mol. The van der Waals surface area contributed by atoms with E-state index in [9.17, 15) is 0 Å². The summed E-state index contributed by atoms with van der Waals surface area (Å²) in [5.41, 5.74) is 2.20. The third-order valence-electron chi connectivity index (χ3n) is 3.04. The van der Waals surface area contributed by atoms with E-state index in [2.05, 4.69) is 25.2 Å². The van der Waals surface area contributed by atoms with Crippen LogP contribution in [0, 0.1) is 0 Å². The highest BCUT2D eigenvalue weighted by molar-refractivity contribution is 5.82. The number of para-hydroxylation sites is 1. The van der Waals surface area contributed by atoms with Crippen LogP contribution in [0.25, 0.3) is 11.0 Å². The van der Waals surface area contributed by atoms with Gasteiger partial charge in [-0.3, -0.25) is 0 Å². The molecular formula is C14H19NO2. The van der Waals surface area contributed by atoms with Crippen molar-refractivity contribution >= 4 is 11.0 Å². The fourth-order valence-electron chi connectivity index (χ4n) is 2.21. The second-order valence-corrected chi connectivity index (χ2v) is 4.19. The van der Waals surface area contributed by atoms with Gasteiger partial charge in [0, 0.05) is 17.5 Å². The minimum absolute atomic E-state index is 0.129. The summed E-state index contributed by atoms with van der Waals surface area (Å²) in [6.07, 6.45) is 0.956. The SMILES string of the molecule is CCc1c(C(C)NCCO)oc2ccccc12. The summed E-state index contributed by atoms with van der Waals surface area (Å²) in [4.78, 5) is 0. The second-order valence-electron chi connectivity index (χ2n) is 4.19. The first-order valence-electron chi connectivity index (χ1n) is 6.12. The van der Waals surface area contributed by atoms with Crippen molar-refractivity contribution in [2.45, 2.75) is 26.3 Å². The van der Waals surface area contributed by atoms with Crippen molar-refractivity contribution in [3.05, 3.63) is 35.6 Å². The van der Waals surface area contributed by atoms with Crippen LogP contribution in [0.5, 0.6) is 0 Å². The van der Waals surface area contributed by atoms with Crippen LogP contribution in [0.3, 0.4) is 0 Å². The van der Waals surface area contributed by atoms with Gasteiger partial charge in [-0.05, 0) is 19.4 Å². The number of hydrogen-bond acceptors (Lipinski definition) is 3. The van der Waals surface area contributed by atoms with Gasteiger partial charge in [-0.2, -0.15) is 0 Å². The summed E-state index contributed by atoms with van der Waals surface area (Å²) in [6, 6.07) is 8.24. The van der Waals surface area contributed by atoms with Crippen molar-refractivity contribution in [3.63, 3.8) is 0 Å². The molecule has 0 saturated heterocycles. The summed E-state index contributed by atoms with van der Waals surface area (Å²) >= 11 is 0. The Morgan fingerprint density at radius 2 is 2.12 bits per heavy atom. The molecule has 2 aromatic rings. The third kappa shape index (κ3) is 2.35. The van der Waals surface area contributed by atoms with E-state index in [1.54, 1.807) is 0 Å². The quantitative estimate of drug-likeness (QED) is 0.834. The maximum Gasteiger partial charge on any atom is 0.134 e. The summed E-state index contributed by atoms with van der Waals surface area (Å²) in [5.74, 6) is 0.988. The molecular weight excluding hydrogens is 214 g/mol. The Kier molecular flexibility index (Phi) is 3.82. The Hall–Kier alpha value is -1.32. The average Bonchev–Trinajstić information content (AvgIpc) is 2.74. The first kappa shape index (κ1) is 12.1. The molecule has 0 spiro atoms. The fourth-order valence-corrected chi connectivity index (χ4v) is 2.21. The van der Waals surface area contributed by atoms with Gasteiger partial charge in [0.1, 0.15) is 11.3 Å². The van der Waals surface area contributed by atoms with E-state index in [0.717, 1.165) is 17.8 Å². The van der Waals surface area contributed by atoms with Gasteiger partial charge in [0.15, 0.2) is 0 Å². The van der Waals surface area contributed by atoms with Crippen LogP contribution in [-0.4, -0.2) is 18.3 Å². The van der Waals surface area contributed by atoms with Gasteiger partial charge in [0.2, 0.25) is 0 Å². The molecule has 1 unspecified atom stereocenters. The number of aliphatic hydroxyl groups excluding tert-OH is 1. The Bertz CT molecular complexity index is 490. The molecule has 2 N–H and O–H groups in total. The molecule has 0 aliphatic carbocycles. The summed E-state index contributed by atoms with van der Waals surface area (Å²) in [7, 11) is 0. The van der Waals surface area contributed by atoms with E-state index in [1.807, 2.05) is 18.2 Å². The van der Waals surface area contributed by atoms with Crippen LogP contribution in [0.15, 0.2) is 28.7 Å². The zero-order chi connectivity index (χ0) is 12.3. The molecule has 0 bridgehead atoms. The second kappa shape index (κ2) is 5.34. The van der Waals surface area contributed by atoms with Crippen LogP contribution in [0.2, 0.25) is 0 Å². The molecule has 3 heteroatoms. The van der Waals surface area contributed by atoms with Crippen molar-refractivity contribution in [2.75, 3.05) is 13.2 Å². The third-order valence-corrected chi connectivity index (χ3v) is 3.04. The number of nitrogens with one attached hydrogen (secondary N) is 1. The number of furan rings is 1. The standard InChI is InChI=1S/C14H19NO2/c1-3-11-12-6-4-5-7-13(12)17-14(11)10(2)15-8-9-16/h4-7,10,15-16H,3,8-9H2,1-2H3. The summed E-state index contributed by atoms with van der Waals surface area (Å²) in [6.45, 7) is 4.93. The molecule has 2 rings (SSSR count). The molecule has 0 fully saturated rings. The minimum Gasteiger partial charge on any atom is -0.459 e. The summed E-state index contributed by atoms with van der Waals surface area (Å²) in [5, 5.41) is 13.3. The molecule has 1 heterocycles. The average molecular weight is 233 g/mol. The van der Waals surface area contributed by atoms with Crippen molar-refractivity contribution < 1.29 is 9.52 Å². The Labute approximate surface area is 101 Å². The highest BCUT2D eigenvalue weighted by atomic mass is 16.3. The van der Waals surface area contributed by atoms with Crippen LogP contribution < -0.4 is 5.32 Å². The van der Waals surface area contributed by atoms with Gasteiger partial charge >= 0.3 is 0 Å². The lowest BCUT2D eigenvalue weighted by Crippen LogP contribution is -2.22. The topological polar surface area (TPSA) is 45.4 Å². The molecule has 0 aliphatic heterocycles. The Morgan fingerprint density at radius 1 is 1.35 bits per heavy atom. The van der Waals surface area contributed by atoms with Gasteiger partial charge in [-0.25, -0.2) is 0 Å². The van der Waals surface area contributed by atoms with Crippen molar-refractivity contribution in [2.24, 2.45) is 0 Å². The molecule has 0 saturated carbocycles. The van der Waals surface area contributed by atoms with Gasteiger partial charge in [-0.1, -0.05) is 25.1 Å². The monoisotopic (exact) mass is 233 g/mol. The van der Waals surface area contributed by atoms with Gasteiger partial charge in [-0.15, -0.1) is 0 Å². The smallest absolute Gasteiger partial charge is 0.134 e. The summed E-state index contributed by atoms with van der Waals surface area (Å²) < 4.78 is 5.90. The van der Waals surface area contributed by atoms with Crippen LogP contribution >= 0.6 is 0 Å². The van der Waals surface area contributed by atoms with E-state index in [1.165, 1.54) is 10.9 Å². The number of fused-ring (bicyclic) bond motifs is 1. The molecule has 3 nitrogen and oxygen atoms in total. The molecule has 0 amide bonds. The lowest BCUT2D eigenvalue weighted by atomic mass is 10.1. The molecule has 1 aromatic carbocycles. The predicted octanol–water partition coefficient (Wildman–Crippen LogP) is 2.64. The maximum atomic E-state index is 8.84. The molecule has 0 aliphatic rings. The van der Waals surface area contributed by atoms with Gasteiger partial charge < -0.3 is 14.8 Å². The zero-order valence-electron chi connectivity index (χ0n) is 10.4. The fraction of sp³-hybridized carbons (Fsp3) is 0.429. The Morgan fingerprint density at radius 3 is 2.82 bits per heavy atom. The van der Waals surface area contributed by atoms with E-state index < -0.39 is 0 Å². The minimum atomic E-state index is 0.129. The Balaban J connectivity index is 2.38. The van der Waals surface area contributed by atoms with Gasteiger partial charge in [0.05, 0.1) is 12.6 Å². The number of aliphatic hydroxyl groups is 1. The first-order valence-corrected chi connectivity index (χ1v) is 6.12. The maximum absolute atomic E-state index is 8.84. The van der Waals surface area contributed by atoms with Crippen LogP contribution in [-0.2, 0) is 6.42 Å². The lowest BCUT2D eigenvalue weighted by Gasteiger charge is -2.11. The molecule has 92 valence electrons. The molecule has 1 atom stereocenters. The molecule has 1 aromatic heterocycles. The number of hydrogen-bond donors (Lipinski definition) is 2. The van der Waals surface area contributed by atoms with Crippen molar-refractivity contribution in [3.8, 4) is 0 Å². The molecule has 0 radical (unpaired) electrons. The van der Waals surface area contributed by atoms with E-state index in [0.29, 0.717) is 6.54 Å². The first-order chi connectivity index (χ1) is 8.27. The van der Waals surface area contributed by atoms with Gasteiger partial charge in [0.25, 0.3) is 0 Å². The largest absolute Gasteiger partial charge is 0.459 e. The van der Waals surface area contributed by atoms with Crippen LogP contribution in [0.4, 0.5) is 0 Å². The highest BCUT2D eigenvalue weighted by Gasteiger charge is 2.17. The van der Waals surface area contributed by atoms with Crippen LogP contribution in [0.1, 0.15) is 31.2 Å². The van der Waals surface area contributed by atoms with E-state index >= 15 is 0 Å². The molecule has 17 heavy (non-hydrogen) atoms. The number of aryl methyl sites for hydroxylation is 1. The van der Waals surface area contributed by atoms with E-state index in [4.69, 9.17) is 9.52 Å². The van der Waals surface area contributed by atoms with Crippen molar-refractivity contribution in [1.82, 2.24) is 5.32 Å². The highest BCUT2D eigenvalue weighted by Crippen LogP contribution is 2.30. The normalized spacial score (nSPS) is 13.1. The number of benzene rings is 1. The lowest BCUT2D eigenvalue weighted by molar-refractivity contribution is 0.282.